The number of aliphatic carboxylic acids is 1. The maximum Gasteiger partial charge on any atom is 0.303 e. The number of rotatable bonds is 4. The van der Waals surface area contributed by atoms with E-state index in [-0.39, 0.29) is 11.5 Å². The number of hydrogen-bond donors (Lipinski definition) is 1. The van der Waals surface area contributed by atoms with Crippen LogP contribution in [0.1, 0.15) is 30.7 Å². The molecule has 1 aliphatic rings. The standard InChI is InChI=1S/C12H9BrClF3O2/c13-8-11(16)9(14)7(10(15)12(8)17)5(3-6(18)19)4-1-2-4/h4-5H,1-3H2,(H,18,19). The van der Waals surface area contributed by atoms with Gasteiger partial charge in [-0.2, -0.15) is 0 Å². The Hall–Kier alpha value is -0.750. The zero-order valence-corrected chi connectivity index (χ0v) is 11.9. The molecule has 1 aliphatic carbocycles. The van der Waals surface area contributed by atoms with E-state index in [4.69, 9.17) is 16.7 Å². The summed E-state index contributed by atoms with van der Waals surface area (Å²) in [5, 5.41) is 8.28. The molecule has 1 unspecified atom stereocenters. The van der Waals surface area contributed by atoms with Crippen LogP contribution < -0.4 is 0 Å². The third-order valence-corrected chi connectivity index (χ3v) is 4.27. The van der Waals surface area contributed by atoms with Crippen LogP contribution in [0.2, 0.25) is 5.02 Å². The molecule has 2 rings (SSSR count). The van der Waals surface area contributed by atoms with Crippen LogP contribution in [0.4, 0.5) is 13.2 Å². The number of carboxylic acid groups (broad SMARTS) is 1. The van der Waals surface area contributed by atoms with Gasteiger partial charge in [0.05, 0.1) is 15.9 Å². The van der Waals surface area contributed by atoms with Crippen molar-refractivity contribution in [2.45, 2.75) is 25.2 Å². The van der Waals surface area contributed by atoms with Gasteiger partial charge in [-0.3, -0.25) is 4.79 Å². The van der Waals surface area contributed by atoms with E-state index in [2.05, 4.69) is 15.9 Å². The van der Waals surface area contributed by atoms with E-state index in [1.165, 1.54) is 0 Å². The molecular weight excluding hydrogens is 348 g/mol. The van der Waals surface area contributed by atoms with Crippen molar-refractivity contribution in [3.8, 4) is 0 Å². The Balaban J connectivity index is 2.56. The van der Waals surface area contributed by atoms with Gasteiger partial charge in [-0.15, -0.1) is 0 Å². The molecule has 2 nitrogen and oxygen atoms in total. The maximum absolute atomic E-state index is 13.9. The van der Waals surface area contributed by atoms with Gasteiger partial charge in [-0.05, 0) is 34.7 Å². The minimum atomic E-state index is -1.38. The molecule has 1 N–H and O–H groups in total. The van der Waals surface area contributed by atoms with Gasteiger partial charge in [0.15, 0.2) is 17.5 Å². The molecule has 104 valence electrons. The molecule has 19 heavy (non-hydrogen) atoms. The van der Waals surface area contributed by atoms with Crippen LogP contribution in [0.15, 0.2) is 4.47 Å². The van der Waals surface area contributed by atoms with E-state index in [1.54, 1.807) is 0 Å². The first kappa shape index (κ1) is 14.7. The first-order valence-electron chi connectivity index (χ1n) is 5.57. The molecule has 1 fully saturated rings. The predicted molar refractivity (Wildman–Crippen MR) is 66.7 cm³/mol. The first-order valence-corrected chi connectivity index (χ1v) is 6.74. The monoisotopic (exact) mass is 356 g/mol. The summed E-state index contributed by atoms with van der Waals surface area (Å²) >= 11 is 8.30. The van der Waals surface area contributed by atoms with Crippen molar-refractivity contribution >= 4 is 33.5 Å². The van der Waals surface area contributed by atoms with Gasteiger partial charge in [0, 0.05) is 11.5 Å². The number of carbonyl (C=O) groups is 1. The van der Waals surface area contributed by atoms with E-state index >= 15 is 0 Å². The number of benzene rings is 1. The van der Waals surface area contributed by atoms with E-state index in [1.807, 2.05) is 0 Å². The van der Waals surface area contributed by atoms with Crippen molar-refractivity contribution in [1.29, 1.82) is 0 Å². The summed E-state index contributed by atoms with van der Waals surface area (Å²) in [4.78, 5) is 10.8. The third-order valence-electron chi connectivity index (χ3n) is 3.20. The van der Waals surface area contributed by atoms with Gasteiger partial charge in [-0.1, -0.05) is 11.6 Å². The largest absolute Gasteiger partial charge is 0.481 e. The lowest BCUT2D eigenvalue weighted by molar-refractivity contribution is -0.137. The summed E-state index contributed by atoms with van der Waals surface area (Å²) in [6.07, 6.45) is 1.00. The molecule has 0 heterocycles. The van der Waals surface area contributed by atoms with Crippen LogP contribution in [-0.4, -0.2) is 11.1 Å². The summed E-state index contributed by atoms with van der Waals surface area (Å²) < 4.78 is 40.5. The fourth-order valence-corrected chi connectivity index (χ4v) is 2.94. The average Bonchev–Trinajstić information content (AvgIpc) is 3.16. The lowest BCUT2D eigenvalue weighted by Crippen LogP contribution is -2.13. The number of carboxylic acids is 1. The summed E-state index contributed by atoms with van der Waals surface area (Å²) in [5.74, 6) is -5.82. The van der Waals surface area contributed by atoms with Crippen LogP contribution in [0.5, 0.6) is 0 Å². The van der Waals surface area contributed by atoms with Crippen molar-refractivity contribution in [2.75, 3.05) is 0 Å². The molecule has 0 aromatic heterocycles. The Labute approximate surface area is 120 Å². The van der Waals surface area contributed by atoms with Gasteiger partial charge in [0.2, 0.25) is 0 Å². The zero-order valence-electron chi connectivity index (χ0n) is 9.52. The van der Waals surface area contributed by atoms with Crippen molar-refractivity contribution in [3.63, 3.8) is 0 Å². The second kappa shape index (κ2) is 5.32. The molecule has 0 spiro atoms. The average molecular weight is 358 g/mol. The van der Waals surface area contributed by atoms with E-state index < -0.39 is 45.3 Å². The Morgan fingerprint density at radius 1 is 1.32 bits per heavy atom. The summed E-state index contributed by atoms with van der Waals surface area (Å²) in [7, 11) is 0. The molecular formula is C12H9BrClF3O2. The molecule has 1 aromatic carbocycles. The molecule has 1 aromatic rings. The summed E-state index contributed by atoms with van der Waals surface area (Å²) in [6, 6.07) is 0. The first-order chi connectivity index (χ1) is 8.84. The van der Waals surface area contributed by atoms with E-state index in [0.29, 0.717) is 12.8 Å². The van der Waals surface area contributed by atoms with Crippen molar-refractivity contribution < 1.29 is 23.1 Å². The Bertz CT molecular complexity index is 517. The second-order valence-corrected chi connectivity index (χ2v) is 5.70. The fourth-order valence-electron chi connectivity index (χ4n) is 2.14. The van der Waals surface area contributed by atoms with Crippen LogP contribution in [-0.2, 0) is 4.79 Å². The lowest BCUT2D eigenvalue weighted by atomic mass is 9.90. The highest BCUT2D eigenvalue weighted by Gasteiger charge is 2.38. The topological polar surface area (TPSA) is 37.3 Å². The Kier molecular flexibility index (Phi) is 4.11. The van der Waals surface area contributed by atoms with E-state index in [9.17, 15) is 18.0 Å². The Morgan fingerprint density at radius 3 is 2.37 bits per heavy atom. The van der Waals surface area contributed by atoms with Crippen molar-refractivity contribution in [3.05, 3.63) is 32.5 Å². The number of halogens is 5. The highest BCUT2D eigenvalue weighted by atomic mass is 79.9. The fraction of sp³-hybridized carbons (Fsp3) is 0.417. The SMILES string of the molecule is O=C(O)CC(c1c(F)c(F)c(Br)c(F)c1Cl)C1CC1. The van der Waals surface area contributed by atoms with Gasteiger partial charge in [0.25, 0.3) is 0 Å². The van der Waals surface area contributed by atoms with Gasteiger partial charge >= 0.3 is 5.97 Å². The molecule has 0 radical (unpaired) electrons. The number of hydrogen-bond acceptors (Lipinski definition) is 1. The quantitative estimate of drug-likeness (QED) is 0.637. The molecule has 0 aliphatic heterocycles. The molecule has 0 amide bonds. The van der Waals surface area contributed by atoms with Crippen LogP contribution >= 0.6 is 27.5 Å². The second-order valence-electron chi connectivity index (χ2n) is 4.53. The minimum Gasteiger partial charge on any atom is -0.481 e. The van der Waals surface area contributed by atoms with E-state index in [0.717, 1.165) is 0 Å². The van der Waals surface area contributed by atoms with Crippen LogP contribution in [0, 0.1) is 23.4 Å². The highest BCUT2D eigenvalue weighted by molar-refractivity contribution is 9.10. The van der Waals surface area contributed by atoms with Gasteiger partial charge in [-0.25, -0.2) is 13.2 Å². The molecule has 1 saturated carbocycles. The molecule has 1 atom stereocenters. The zero-order chi connectivity index (χ0) is 14.3. The van der Waals surface area contributed by atoms with Crippen LogP contribution in [0.25, 0.3) is 0 Å². The molecule has 7 heteroatoms. The van der Waals surface area contributed by atoms with Gasteiger partial charge in [0.1, 0.15) is 0 Å². The lowest BCUT2D eigenvalue weighted by Gasteiger charge is -2.18. The normalized spacial score (nSPS) is 16.5. The van der Waals surface area contributed by atoms with Crippen molar-refractivity contribution in [2.24, 2.45) is 5.92 Å². The minimum absolute atomic E-state index is 0.0944. The summed E-state index contributed by atoms with van der Waals surface area (Å²) in [6.45, 7) is 0. The highest BCUT2D eigenvalue weighted by Crippen LogP contribution is 2.48. The predicted octanol–water partition coefficient (Wildman–Crippen LogP) is 4.49. The van der Waals surface area contributed by atoms with Crippen LogP contribution in [0.3, 0.4) is 0 Å². The smallest absolute Gasteiger partial charge is 0.303 e. The molecule has 0 saturated heterocycles. The third kappa shape index (κ3) is 2.74. The maximum atomic E-state index is 13.9. The summed E-state index contributed by atoms with van der Waals surface area (Å²) in [5.41, 5.74) is -0.371. The van der Waals surface area contributed by atoms with Gasteiger partial charge < -0.3 is 5.11 Å². The Morgan fingerprint density at radius 2 is 1.89 bits per heavy atom. The molecule has 0 bridgehead atoms. The van der Waals surface area contributed by atoms with Crippen molar-refractivity contribution in [1.82, 2.24) is 0 Å².